The van der Waals surface area contributed by atoms with Crippen LogP contribution in [0.3, 0.4) is 0 Å². The van der Waals surface area contributed by atoms with Crippen LogP contribution in [-0.2, 0) is 16.0 Å². The number of hydrogen-bond acceptors (Lipinski definition) is 2. The molecule has 2 N–H and O–H groups in total. The highest BCUT2D eigenvalue weighted by Crippen LogP contribution is 2.13. The van der Waals surface area contributed by atoms with Crippen molar-refractivity contribution in [2.75, 3.05) is 13.1 Å². The lowest BCUT2D eigenvalue weighted by Crippen LogP contribution is -2.34. The smallest absolute Gasteiger partial charge is 0.234 e. The number of carbonyl (C=O) groups is 2. The molecule has 110 valence electrons. The molecule has 0 saturated heterocycles. The van der Waals surface area contributed by atoms with Gasteiger partial charge in [0.1, 0.15) is 5.82 Å². The monoisotopic (exact) mass is 344 g/mol. The van der Waals surface area contributed by atoms with Crippen LogP contribution in [0.15, 0.2) is 24.3 Å². The molecule has 0 aliphatic heterocycles. The van der Waals surface area contributed by atoms with Crippen LogP contribution in [-0.4, -0.2) is 29.7 Å². The summed E-state index contributed by atoms with van der Waals surface area (Å²) in [6.07, 6.45) is 0.953. The third kappa shape index (κ3) is 6.14. The molecular formula is C14H18BrFN2O2. The minimum absolute atomic E-state index is 0.0887. The zero-order valence-electron chi connectivity index (χ0n) is 11.3. The molecule has 2 amide bonds. The van der Waals surface area contributed by atoms with E-state index in [0.29, 0.717) is 31.5 Å². The number of nitrogens with one attached hydrogen (secondary N) is 2. The highest BCUT2D eigenvalue weighted by Gasteiger charge is 2.16. The third-order valence-electron chi connectivity index (χ3n) is 2.67. The van der Waals surface area contributed by atoms with Gasteiger partial charge in [-0.15, -0.1) is 0 Å². The zero-order valence-corrected chi connectivity index (χ0v) is 12.9. The van der Waals surface area contributed by atoms with Crippen LogP contribution in [0, 0.1) is 5.82 Å². The number of benzene rings is 1. The Morgan fingerprint density at radius 2 is 1.90 bits per heavy atom. The van der Waals surface area contributed by atoms with E-state index in [1.807, 2.05) is 0 Å². The summed E-state index contributed by atoms with van der Waals surface area (Å²) in [6, 6.07) is 6.39. The number of halogens is 2. The van der Waals surface area contributed by atoms with Gasteiger partial charge in [0, 0.05) is 20.0 Å². The Labute approximate surface area is 126 Å². The van der Waals surface area contributed by atoms with E-state index in [-0.39, 0.29) is 17.6 Å². The van der Waals surface area contributed by atoms with E-state index in [2.05, 4.69) is 26.6 Å². The fraction of sp³-hybridized carbons (Fsp3) is 0.429. The molecule has 0 spiro atoms. The first-order valence-corrected chi connectivity index (χ1v) is 7.32. The summed E-state index contributed by atoms with van der Waals surface area (Å²) in [6.45, 7) is 2.44. The lowest BCUT2D eigenvalue weighted by atomic mass is 10.1. The summed E-state index contributed by atoms with van der Waals surface area (Å²) in [7, 11) is 0. The topological polar surface area (TPSA) is 58.2 Å². The van der Waals surface area contributed by atoms with Gasteiger partial charge in [0.2, 0.25) is 11.8 Å². The maximum absolute atomic E-state index is 13.4. The quantitative estimate of drug-likeness (QED) is 0.585. The Morgan fingerprint density at radius 1 is 1.25 bits per heavy atom. The number of rotatable bonds is 7. The van der Waals surface area contributed by atoms with Crippen LogP contribution in [0.5, 0.6) is 0 Å². The van der Waals surface area contributed by atoms with E-state index < -0.39 is 4.83 Å². The Hall–Kier alpha value is -1.43. The van der Waals surface area contributed by atoms with Crippen LogP contribution in [0.1, 0.15) is 18.9 Å². The van der Waals surface area contributed by atoms with Gasteiger partial charge in [0.15, 0.2) is 0 Å². The van der Waals surface area contributed by atoms with Crippen molar-refractivity contribution in [2.45, 2.75) is 24.6 Å². The summed E-state index contributed by atoms with van der Waals surface area (Å²) >= 11 is 3.26. The summed E-state index contributed by atoms with van der Waals surface area (Å²) in [4.78, 5) is 22.0. The predicted octanol–water partition coefficient (Wildman–Crippen LogP) is 1.77. The molecule has 0 aromatic heterocycles. The molecule has 0 aliphatic carbocycles. The van der Waals surface area contributed by atoms with Gasteiger partial charge in [-0.2, -0.15) is 0 Å². The first-order chi connectivity index (χ1) is 9.50. The van der Waals surface area contributed by atoms with E-state index in [4.69, 9.17) is 0 Å². The minimum Gasteiger partial charge on any atom is -0.356 e. The number of carbonyl (C=O) groups excluding carboxylic acids is 2. The molecule has 1 aromatic carbocycles. The third-order valence-corrected chi connectivity index (χ3v) is 3.41. The van der Waals surface area contributed by atoms with Crippen molar-refractivity contribution >= 4 is 27.7 Å². The molecular weight excluding hydrogens is 327 g/mol. The van der Waals surface area contributed by atoms with Crippen LogP contribution in [0.4, 0.5) is 4.39 Å². The van der Waals surface area contributed by atoms with Gasteiger partial charge in [0.25, 0.3) is 0 Å². The van der Waals surface area contributed by atoms with Crippen molar-refractivity contribution < 1.29 is 14.0 Å². The molecule has 0 bridgehead atoms. The highest BCUT2D eigenvalue weighted by atomic mass is 79.9. The normalized spacial score (nSPS) is 11.8. The molecule has 1 aromatic rings. The fourth-order valence-electron chi connectivity index (χ4n) is 1.62. The van der Waals surface area contributed by atoms with E-state index >= 15 is 0 Å². The summed E-state index contributed by atoms with van der Waals surface area (Å²) in [5.41, 5.74) is 0.503. The zero-order chi connectivity index (χ0) is 15.0. The second kappa shape index (κ2) is 8.68. The van der Waals surface area contributed by atoms with Gasteiger partial charge in [-0.25, -0.2) is 4.39 Å². The van der Waals surface area contributed by atoms with Crippen molar-refractivity contribution in [3.8, 4) is 0 Å². The highest BCUT2D eigenvalue weighted by molar-refractivity contribution is 9.10. The average molecular weight is 345 g/mol. The predicted molar refractivity (Wildman–Crippen MR) is 79.1 cm³/mol. The van der Waals surface area contributed by atoms with Crippen molar-refractivity contribution in [2.24, 2.45) is 0 Å². The molecule has 1 atom stereocenters. The Bertz CT molecular complexity index is 468. The summed E-state index contributed by atoms with van der Waals surface area (Å²) < 4.78 is 13.4. The van der Waals surface area contributed by atoms with Crippen molar-refractivity contribution in [3.63, 3.8) is 0 Å². The Morgan fingerprint density at radius 3 is 2.55 bits per heavy atom. The van der Waals surface area contributed by atoms with Gasteiger partial charge in [0.05, 0.1) is 4.83 Å². The molecule has 1 unspecified atom stereocenters. The fourth-order valence-corrected chi connectivity index (χ4v) is 2.14. The molecule has 4 nitrogen and oxygen atoms in total. The van der Waals surface area contributed by atoms with Crippen molar-refractivity contribution in [1.82, 2.24) is 10.6 Å². The maximum Gasteiger partial charge on any atom is 0.234 e. The van der Waals surface area contributed by atoms with Gasteiger partial charge in [-0.1, -0.05) is 34.1 Å². The molecule has 0 fully saturated rings. The van der Waals surface area contributed by atoms with E-state index in [0.717, 1.165) is 0 Å². The number of hydrogen-bond donors (Lipinski definition) is 2. The van der Waals surface area contributed by atoms with Crippen LogP contribution >= 0.6 is 15.9 Å². The van der Waals surface area contributed by atoms with Gasteiger partial charge >= 0.3 is 0 Å². The lowest BCUT2D eigenvalue weighted by Gasteiger charge is -2.11. The SMILES string of the molecule is CC(=O)NCCCNC(=O)C(Br)Cc1ccccc1F. The van der Waals surface area contributed by atoms with Crippen LogP contribution < -0.4 is 10.6 Å². The number of amides is 2. The standard InChI is InChI=1S/C14H18BrFN2O2/c1-10(19)17-7-4-8-18-14(20)12(15)9-11-5-2-3-6-13(11)16/h2-3,5-6,12H,4,7-9H2,1H3,(H,17,19)(H,18,20). The van der Waals surface area contributed by atoms with Crippen molar-refractivity contribution in [1.29, 1.82) is 0 Å². The largest absolute Gasteiger partial charge is 0.356 e. The van der Waals surface area contributed by atoms with Gasteiger partial charge < -0.3 is 10.6 Å². The summed E-state index contributed by atoms with van der Waals surface area (Å²) in [5, 5.41) is 5.38. The van der Waals surface area contributed by atoms with Gasteiger partial charge in [-0.3, -0.25) is 9.59 Å². The molecule has 1 rings (SSSR count). The second-order valence-electron chi connectivity index (χ2n) is 4.39. The van der Waals surface area contributed by atoms with Crippen LogP contribution in [0.2, 0.25) is 0 Å². The molecule has 20 heavy (non-hydrogen) atoms. The molecule has 0 saturated carbocycles. The van der Waals surface area contributed by atoms with E-state index in [9.17, 15) is 14.0 Å². The first-order valence-electron chi connectivity index (χ1n) is 6.40. The molecule has 0 heterocycles. The van der Waals surface area contributed by atoms with Crippen molar-refractivity contribution in [3.05, 3.63) is 35.6 Å². The molecule has 6 heteroatoms. The lowest BCUT2D eigenvalue weighted by molar-refractivity contribution is -0.120. The number of alkyl halides is 1. The Balaban J connectivity index is 2.29. The van der Waals surface area contributed by atoms with Gasteiger partial charge in [-0.05, 0) is 24.5 Å². The molecule has 0 aliphatic rings. The average Bonchev–Trinajstić information content (AvgIpc) is 2.40. The summed E-state index contributed by atoms with van der Waals surface area (Å²) in [5.74, 6) is -0.583. The maximum atomic E-state index is 13.4. The van der Waals surface area contributed by atoms with Crippen LogP contribution in [0.25, 0.3) is 0 Å². The van der Waals surface area contributed by atoms with E-state index in [1.54, 1.807) is 18.2 Å². The molecule has 0 radical (unpaired) electrons. The van der Waals surface area contributed by atoms with E-state index in [1.165, 1.54) is 13.0 Å². The Kier molecular flexibility index (Phi) is 7.22. The second-order valence-corrected chi connectivity index (χ2v) is 5.50. The first kappa shape index (κ1) is 16.6. The minimum atomic E-state index is -0.472.